The van der Waals surface area contributed by atoms with Crippen molar-refractivity contribution in [3.63, 3.8) is 0 Å². The number of likely N-dealkylation sites (tertiary alicyclic amines) is 1. The minimum Gasteiger partial charge on any atom is -0.389 e. The normalized spacial score (nSPS) is 22.0. The van der Waals surface area contributed by atoms with Gasteiger partial charge in [-0.2, -0.15) is 0 Å². The minimum atomic E-state index is -0.748. The van der Waals surface area contributed by atoms with Crippen molar-refractivity contribution < 1.29 is 19.4 Å². The van der Waals surface area contributed by atoms with Gasteiger partial charge in [-0.1, -0.05) is 30.3 Å². The Kier molecular flexibility index (Phi) is 9.37. The third kappa shape index (κ3) is 6.93. The number of nitrogens with zero attached hydrogens (tertiary/aromatic N) is 3. The SMILES string of the molecule is Cc1csc([C@H]2CCCN2C(=O)c2cc(C(=O)N[C@H](Cc3ccccc3)[C@H](O)[C@@H]3CCCN3)cc(N3CCOCC3)c2)n1. The number of thiazole rings is 1. The van der Waals surface area contributed by atoms with Crippen LogP contribution in [-0.4, -0.2) is 84.4 Å². The Labute approximate surface area is 257 Å². The number of ether oxygens (including phenoxy) is 1. The van der Waals surface area contributed by atoms with Crippen LogP contribution in [0, 0.1) is 6.92 Å². The fourth-order valence-electron chi connectivity index (χ4n) is 6.49. The monoisotopic (exact) mass is 603 g/mol. The Bertz CT molecular complexity index is 1400. The molecule has 0 bridgehead atoms. The van der Waals surface area contributed by atoms with Crippen molar-refractivity contribution in [2.24, 2.45) is 0 Å². The van der Waals surface area contributed by atoms with Crippen LogP contribution in [0.15, 0.2) is 53.9 Å². The van der Waals surface area contributed by atoms with E-state index in [1.54, 1.807) is 17.4 Å². The average Bonchev–Trinajstić information content (AvgIpc) is 3.83. The molecule has 3 aromatic rings. The zero-order valence-corrected chi connectivity index (χ0v) is 25.5. The molecular weight excluding hydrogens is 562 g/mol. The van der Waals surface area contributed by atoms with Crippen LogP contribution < -0.4 is 15.5 Å². The lowest BCUT2D eigenvalue weighted by Gasteiger charge is -2.31. The van der Waals surface area contributed by atoms with Crippen LogP contribution in [0.4, 0.5) is 5.69 Å². The summed E-state index contributed by atoms with van der Waals surface area (Å²) in [6, 6.07) is 14.8. The Morgan fingerprint density at radius 2 is 1.88 bits per heavy atom. The fourth-order valence-corrected chi connectivity index (χ4v) is 7.43. The number of aryl methyl sites for hydroxylation is 1. The summed E-state index contributed by atoms with van der Waals surface area (Å²) in [5.74, 6) is -0.383. The number of aliphatic hydroxyl groups excluding tert-OH is 1. The van der Waals surface area contributed by atoms with Crippen LogP contribution in [0.3, 0.4) is 0 Å². The Hall–Kier alpha value is -3.31. The number of morpholine rings is 1. The van der Waals surface area contributed by atoms with E-state index in [1.165, 1.54) is 0 Å². The lowest BCUT2D eigenvalue weighted by Crippen LogP contribution is -2.52. The Morgan fingerprint density at radius 3 is 2.60 bits per heavy atom. The van der Waals surface area contributed by atoms with E-state index in [1.807, 2.05) is 59.7 Å². The first-order valence-electron chi connectivity index (χ1n) is 15.4. The number of hydrogen-bond donors (Lipinski definition) is 3. The number of carbonyl (C=O) groups is 2. The highest BCUT2D eigenvalue weighted by atomic mass is 32.1. The number of aromatic nitrogens is 1. The molecule has 6 rings (SSSR count). The first-order valence-corrected chi connectivity index (χ1v) is 16.3. The van der Waals surface area contributed by atoms with Crippen LogP contribution in [0.5, 0.6) is 0 Å². The number of rotatable bonds is 9. The molecule has 2 amide bonds. The van der Waals surface area contributed by atoms with Crippen molar-refractivity contribution in [3.05, 3.63) is 81.3 Å². The molecule has 10 heteroatoms. The van der Waals surface area contributed by atoms with Crippen molar-refractivity contribution in [1.82, 2.24) is 20.5 Å². The maximum Gasteiger partial charge on any atom is 0.254 e. The van der Waals surface area contributed by atoms with Crippen LogP contribution >= 0.6 is 11.3 Å². The van der Waals surface area contributed by atoms with E-state index in [2.05, 4.69) is 20.5 Å². The van der Waals surface area contributed by atoms with E-state index in [0.717, 1.165) is 54.2 Å². The summed E-state index contributed by atoms with van der Waals surface area (Å²) in [5, 5.41) is 20.9. The van der Waals surface area contributed by atoms with E-state index in [-0.39, 0.29) is 23.9 Å². The molecule has 2 aromatic carbocycles. The molecule has 0 aliphatic carbocycles. The van der Waals surface area contributed by atoms with Gasteiger partial charge in [-0.05, 0) is 69.3 Å². The summed E-state index contributed by atoms with van der Waals surface area (Å²) in [6.07, 6.45) is 3.41. The molecule has 3 aliphatic rings. The van der Waals surface area contributed by atoms with Gasteiger partial charge in [0.05, 0.1) is 31.4 Å². The number of hydrogen-bond acceptors (Lipinski definition) is 8. The van der Waals surface area contributed by atoms with Gasteiger partial charge in [0.15, 0.2) is 0 Å². The van der Waals surface area contributed by atoms with E-state index >= 15 is 0 Å². The Balaban J connectivity index is 1.29. The topological polar surface area (TPSA) is 107 Å². The van der Waals surface area contributed by atoms with Crippen molar-refractivity contribution >= 4 is 28.8 Å². The molecule has 4 atom stereocenters. The van der Waals surface area contributed by atoms with Crippen LogP contribution in [0.2, 0.25) is 0 Å². The van der Waals surface area contributed by atoms with Crippen molar-refractivity contribution in [3.8, 4) is 0 Å². The molecule has 9 nitrogen and oxygen atoms in total. The van der Waals surface area contributed by atoms with E-state index < -0.39 is 12.1 Å². The Morgan fingerprint density at radius 1 is 1.09 bits per heavy atom. The molecule has 43 heavy (non-hydrogen) atoms. The second kappa shape index (κ2) is 13.5. The summed E-state index contributed by atoms with van der Waals surface area (Å²) in [5.41, 5.74) is 3.75. The van der Waals surface area contributed by atoms with Crippen LogP contribution in [0.1, 0.15) is 68.7 Å². The molecule has 0 unspecified atom stereocenters. The third-order valence-corrected chi connectivity index (χ3v) is 9.84. The summed E-state index contributed by atoms with van der Waals surface area (Å²) in [4.78, 5) is 36.8. The van der Waals surface area contributed by atoms with Gasteiger partial charge in [0, 0.05) is 53.6 Å². The second-order valence-electron chi connectivity index (χ2n) is 11.8. The smallest absolute Gasteiger partial charge is 0.254 e. The van der Waals surface area contributed by atoms with Crippen LogP contribution in [0.25, 0.3) is 0 Å². The van der Waals surface area contributed by atoms with Crippen molar-refractivity contribution in [1.29, 1.82) is 0 Å². The first-order chi connectivity index (χ1) is 21.0. The van der Waals surface area contributed by atoms with Gasteiger partial charge < -0.3 is 30.3 Å². The average molecular weight is 604 g/mol. The molecular formula is C33H41N5O4S. The molecule has 3 saturated heterocycles. The molecule has 0 spiro atoms. The van der Waals surface area contributed by atoms with Crippen molar-refractivity contribution in [2.45, 2.75) is 63.3 Å². The lowest BCUT2D eigenvalue weighted by molar-refractivity contribution is 0.0733. The largest absolute Gasteiger partial charge is 0.389 e. The molecule has 3 N–H and O–H groups in total. The van der Waals surface area contributed by atoms with Gasteiger partial charge in [0.2, 0.25) is 0 Å². The molecule has 3 fully saturated rings. The number of carbonyl (C=O) groups excluding carboxylic acids is 2. The van der Waals surface area contributed by atoms with E-state index in [9.17, 15) is 14.7 Å². The number of benzene rings is 2. The molecule has 4 heterocycles. The van der Waals surface area contributed by atoms with Crippen molar-refractivity contribution in [2.75, 3.05) is 44.3 Å². The lowest BCUT2D eigenvalue weighted by atomic mass is 9.95. The predicted octanol–water partition coefficient (Wildman–Crippen LogP) is 3.72. The molecule has 1 aromatic heterocycles. The van der Waals surface area contributed by atoms with E-state index in [0.29, 0.717) is 50.4 Å². The van der Waals surface area contributed by atoms with E-state index in [4.69, 9.17) is 4.74 Å². The summed E-state index contributed by atoms with van der Waals surface area (Å²) in [7, 11) is 0. The second-order valence-corrected chi connectivity index (χ2v) is 12.7. The van der Waals surface area contributed by atoms with Gasteiger partial charge in [0.1, 0.15) is 5.01 Å². The minimum absolute atomic E-state index is 0.0557. The predicted molar refractivity (Wildman–Crippen MR) is 168 cm³/mol. The van der Waals surface area contributed by atoms with Gasteiger partial charge in [-0.25, -0.2) is 4.98 Å². The summed E-state index contributed by atoms with van der Waals surface area (Å²) >= 11 is 1.60. The molecule has 3 aliphatic heterocycles. The number of amides is 2. The maximum atomic E-state index is 14.1. The summed E-state index contributed by atoms with van der Waals surface area (Å²) in [6.45, 7) is 6.05. The highest BCUT2D eigenvalue weighted by Crippen LogP contribution is 2.35. The fraction of sp³-hybridized carbons (Fsp3) is 0.485. The number of anilines is 1. The zero-order valence-electron chi connectivity index (χ0n) is 24.7. The van der Waals surface area contributed by atoms with Gasteiger partial charge in [-0.15, -0.1) is 11.3 Å². The quantitative estimate of drug-likeness (QED) is 0.342. The molecule has 0 radical (unpaired) electrons. The zero-order chi connectivity index (χ0) is 29.8. The highest BCUT2D eigenvalue weighted by molar-refractivity contribution is 7.09. The first kappa shape index (κ1) is 29.7. The molecule has 228 valence electrons. The maximum absolute atomic E-state index is 14.1. The third-order valence-electron chi connectivity index (χ3n) is 8.78. The standard InChI is InChI=1S/C33H41N5O4S/c1-22-21-43-32(35-22)29-10-6-12-38(29)33(41)25-18-24(19-26(20-25)37-13-15-42-16-14-37)31(40)36-28(17-23-7-3-2-4-8-23)30(39)27-9-5-11-34-27/h2-4,7-8,18-21,27-30,34,39H,5-6,9-17H2,1H3,(H,36,40)/t27-,28+,29+,30+/m0/s1. The summed E-state index contributed by atoms with van der Waals surface area (Å²) < 4.78 is 5.57. The number of aliphatic hydroxyl groups is 1. The highest BCUT2D eigenvalue weighted by Gasteiger charge is 2.34. The molecule has 0 saturated carbocycles. The number of nitrogens with one attached hydrogen (secondary N) is 2. The van der Waals surface area contributed by atoms with Crippen LogP contribution in [-0.2, 0) is 11.2 Å². The van der Waals surface area contributed by atoms with Gasteiger partial charge >= 0.3 is 0 Å². The van der Waals surface area contributed by atoms with Gasteiger partial charge in [0.25, 0.3) is 11.8 Å². The van der Waals surface area contributed by atoms with Gasteiger partial charge in [-0.3, -0.25) is 9.59 Å².